The number of hydrogen-bond acceptors (Lipinski definition) is 5. The van der Waals surface area contributed by atoms with Crippen LogP contribution in [0.5, 0.6) is 0 Å². The van der Waals surface area contributed by atoms with Gasteiger partial charge in [0, 0.05) is 12.1 Å². The molecular formula is C11H9Cl3N4O2S. The van der Waals surface area contributed by atoms with E-state index >= 15 is 0 Å². The Hall–Kier alpha value is -1.28. The second-order valence-corrected chi connectivity index (χ2v) is 6.78. The van der Waals surface area contributed by atoms with Crippen LogP contribution >= 0.6 is 34.8 Å². The molecule has 2 N–H and O–H groups in total. The standard InChI is InChI=1S/C11H9Cl3N4O2S/c1-15-11-16-4-7(5-17-11)21(19,20)18-10-8(13)2-6(12)3-9(10)14/h2-5,18H,1H3,(H,15,16,17). The van der Waals surface area contributed by atoms with E-state index in [1.807, 2.05) is 0 Å². The molecule has 0 unspecified atom stereocenters. The number of nitrogens with zero attached hydrogens (tertiary/aromatic N) is 2. The minimum atomic E-state index is -3.91. The van der Waals surface area contributed by atoms with E-state index in [-0.39, 0.29) is 20.6 Å². The van der Waals surface area contributed by atoms with Crippen molar-refractivity contribution in [1.82, 2.24) is 9.97 Å². The lowest BCUT2D eigenvalue weighted by Gasteiger charge is -2.11. The number of anilines is 2. The largest absolute Gasteiger partial charge is 0.357 e. The van der Waals surface area contributed by atoms with Crippen LogP contribution in [0.15, 0.2) is 29.4 Å². The predicted octanol–water partition coefficient (Wildman–Crippen LogP) is 3.28. The number of nitrogens with one attached hydrogen (secondary N) is 2. The van der Waals surface area contributed by atoms with Crippen LogP contribution in [0.1, 0.15) is 0 Å². The van der Waals surface area contributed by atoms with E-state index in [1.165, 1.54) is 24.5 Å². The highest BCUT2D eigenvalue weighted by Crippen LogP contribution is 2.34. The summed E-state index contributed by atoms with van der Waals surface area (Å²) in [5.41, 5.74) is 0.0421. The molecule has 0 saturated heterocycles. The predicted molar refractivity (Wildman–Crippen MR) is 83.9 cm³/mol. The van der Waals surface area contributed by atoms with Crippen molar-refractivity contribution in [3.63, 3.8) is 0 Å². The Bertz CT molecular complexity index is 743. The first-order valence-corrected chi connectivity index (χ1v) is 8.12. The highest BCUT2D eigenvalue weighted by molar-refractivity contribution is 7.92. The van der Waals surface area contributed by atoms with Gasteiger partial charge in [-0.2, -0.15) is 0 Å². The smallest absolute Gasteiger partial charge is 0.265 e. The second kappa shape index (κ2) is 6.23. The molecule has 112 valence electrons. The summed E-state index contributed by atoms with van der Waals surface area (Å²) < 4.78 is 26.7. The molecule has 21 heavy (non-hydrogen) atoms. The van der Waals surface area contributed by atoms with Crippen molar-refractivity contribution in [1.29, 1.82) is 0 Å². The van der Waals surface area contributed by atoms with Gasteiger partial charge in [-0.3, -0.25) is 4.72 Å². The Morgan fingerprint density at radius 1 is 1.05 bits per heavy atom. The van der Waals surface area contributed by atoms with Crippen molar-refractivity contribution in [2.75, 3.05) is 17.1 Å². The van der Waals surface area contributed by atoms with Crippen LogP contribution in [0.2, 0.25) is 15.1 Å². The highest BCUT2D eigenvalue weighted by Gasteiger charge is 2.19. The second-order valence-electron chi connectivity index (χ2n) is 3.84. The molecule has 0 radical (unpaired) electrons. The van der Waals surface area contributed by atoms with Crippen molar-refractivity contribution in [3.8, 4) is 0 Å². The third kappa shape index (κ3) is 3.68. The van der Waals surface area contributed by atoms with E-state index in [1.54, 1.807) is 7.05 Å². The van der Waals surface area contributed by atoms with Gasteiger partial charge in [-0.15, -0.1) is 0 Å². The van der Waals surface area contributed by atoms with Crippen molar-refractivity contribution in [3.05, 3.63) is 39.6 Å². The Kier molecular flexibility index (Phi) is 4.77. The quantitative estimate of drug-likeness (QED) is 0.866. The van der Waals surface area contributed by atoms with E-state index in [4.69, 9.17) is 34.8 Å². The monoisotopic (exact) mass is 366 g/mol. The van der Waals surface area contributed by atoms with E-state index in [9.17, 15) is 8.42 Å². The highest BCUT2D eigenvalue weighted by atomic mass is 35.5. The number of hydrogen-bond donors (Lipinski definition) is 2. The third-order valence-electron chi connectivity index (χ3n) is 2.41. The number of aromatic nitrogens is 2. The number of sulfonamides is 1. The van der Waals surface area contributed by atoms with Crippen molar-refractivity contribution in [2.24, 2.45) is 0 Å². The van der Waals surface area contributed by atoms with Gasteiger partial charge >= 0.3 is 0 Å². The van der Waals surface area contributed by atoms with Crippen molar-refractivity contribution < 1.29 is 8.42 Å². The number of halogens is 3. The molecule has 0 amide bonds. The van der Waals surface area contributed by atoms with E-state index in [2.05, 4.69) is 20.0 Å². The van der Waals surface area contributed by atoms with Gasteiger partial charge in [0.2, 0.25) is 5.95 Å². The molecule has 10 heteroatoms. The summed E-state index contributed by atoms with van der Waals surface area (Å²) in [5, 5.41) is 3.16. The molecule has 0 saturated carbocycles. The molecule has 0 bridgehead atoms. The van der Waals surface area contributed by atoms with Gasteiger partial charge in [0.25, 0.3) is 10.0 Å². The first kappa shape index (κ1) is 16.1. The summed E-state index contributed by atoms with van der Waals surface area (Å²) >= 11 is 17.6. The van der Waals surface area contributed by atoms with Crippen LogP contribution in [-0.2, 0) is 10.0 Å². The zero-order valence-electron chi connectivity index (χ0n) is 10.6. The Labute approximate surface area is 136 Å². The molecule has 1 heterocycles. The van der Waals surface area contributed by atoms with E-state index in [0.29, 0.717) is 11.0 Å². The zero-order chi connectivity index (χ0) is 15.6. The Morgan fingerprint density at radius 3 is 2.05 bits per heavy atom. The molecule has 0 aliphatic heterocycles. The lowest BCUT2D eigenvalue weighted by atomic mass is 10.3. The van der Waals surface area contributed by atoms with Gasteiger partial charge in [0.1, 0.15) is 4.90 Å². The topological polar surface area (TPSA) is 84.0 Å². The first-order valence-electron chi connectivity index (χ1n) is 5.50. The Balaban J connectivity index is 2.37. The summed E-state index contributed by atoms with van der Waals surface area (Å²) in [6.07, 6.45) is 2.33. The average molecular weight is 368 g/mol. The van der Waals surface area contributed by atoms with Gasteiger partial charge in [0.15, 0.2) is 0 Å². The van der Waals surface area contributed by atoms with Gasteiger partial charge in [-0.1, -0.05) is 34.8 Å². The molecule has 2 rings (SSSR count). The lowest BCUT2D eigenvalue weighted by molar-refractivity contribution is 0.600. The van der Waals surface area contributed by atoms with E-state index in [0.717, 1.165) is 0 Å². The average Bonchev–Trinajstić information content (AvgIpc) is 2.43. The summed E-state index contributed by atoms with van der Waals surface area (Å²) in [6.45, 7) is 0. The van der Waals surface area contributed by atoms with Gasteiger partial charge in [-0.25, -0.2) is 18.4 Å². The first-order chi connectivity index (χ1) is 9.83. The maximum absolute atomic E-state index is 12.2. The van der Waals surface area contributed by atoms with Crippen LogP contribution in [0, 0.1) is 0 Å². The fourth-order valence-electron chi connectivity index (χ4n) is 1.42. The summed E-state index contributed by atoms with van der Waals surface area (Å²) in [5.74, 6) is 0.302. The van der Waals surface area contributed by atoms with Crippen LogP contribution in [0.25, 0.3) is 0 Å². The van der Waals surface area contributed by atoms with Gasteiger partial charge in [0.05, 0.1) is 28.1 Å². The maximum Gasteiger partial charge on any atom is 0.265 e. The molecule has 1 aromatic carbocycles. The summed E-state index contributed by atoms with van der Waals surface area (Å²) in [7, 11) is -2.29. The van der Waals surface area contributed by atoms with Crippen LogP contribution in [0.3, 0.4) is 0 Å². The van der Waals surface area contributed by atoms with E-state index < -0.39 is 10.0 Å². The molecule has 6 nitrogen and oxygen atoms in total. The summed E-state index contributed by atoms with van der Waals surface area (Å²) in [6, 6.07) is 2.76. The van der Waals surface area contributed by atoms with Gasteiger partial charge in [-0.05, 0) is 12.1 Å². The van der Waals surface area contributed by atoms with Gasteiger partial charge < -0.3 is 5.32 Å². The molecule has 0 aliphatic rings. The number of rotatable bonds is 4. The molecule has 0 fully saturated rings. The molecule has 2 aromatic rings. The minimum Gasteiger partial charge on any atom is -0.357 e. The van der Waals surface area contributed by atoms with Crippen molar-refractivity contribution >= 4 is 56.5 Å². The minimum absolute atomic E-state index is 0.0421. The normalized spacial score (nSPS) is 11.2. The fraction of sp³-hybridized carbons (Fsp3) is 0.0909. The molecular weight excluding hydrogens is 359 g/mol. The number of benzene rings is 1. The molecule has 0 atom stereocenters. The van der Waals surface area contributed by atoms with Crippen molar-refractivity contribution in [2.45, 2.75) is 4.90 Å². The molecule has 1 aromatic heterocycles. The third-order valence-corrected chi connectivity index (χ3v) is 4.52. The SMILES string of the molecule is CNc1ncc(S(=O)(=O)Nc2c(Cl)cc(Cl)cc2Cl)cn1. The Morgan fingerprint density at radius 2 is 1.57 bits per heavy atom. The summed E-state index contributed by atoms with van der Waals surface area (Å²) in [4.78, 5) is 7.55. The van der Waals surface area contributed by atoms with Crippen LogP contribution in [0.4, 0.5) is 11.6 Å². The fourth-order valence-corrected chi connectivity index (χ4v) is 3.43. The molecule has 0 spiro atoms. The van der Waals surface area contributed by atoms with Crippen LogP contribution < -0.4 is 10.0 Å². The van der Waals surface area contributed by atoms with Crippen LogP contribution in [-0.4, -0.2) is 25.4 Å². The maximum atomic E-state index is 12.2. The molecule has 0 aliphatic carbocycles. The lowest BCUT2D eigenvalue weighted by Crippen LogP contribution is -2.14. The zero-order valence-corrected chi connectivity index (χ0v) is 13.6.